The molecule has 1 rings (SSSR count). The number of aliphatic hydroxyl groups excluding tert-OH is 1. The van der Waals surface area contributed by atoms with Crippen molar-refractivity contribution in [3.05, 3.63) is 0 Å². The minimum absolute atomic E-state index is 0.0162. The predicted molar refractivity (Wildman–Crippen MR) is 30.9 cm³/mol. The molecule has 3 nitrogen and oxygen atoms in total. The Morgan fingerprint density at radius 1 is 1.78 bits per heavy atom. The summed E-state index contributed by atoms with van der Waals surface area (Å²) in [4.78, 5) is 10.2. The number of carboxylic acid groups (broad SMARTS) is 1. The summed E-state index contributed by atoms with van der Waals surface area (Å²) in [6.45, 7) is 1.63. The van der Waals surface area contributed by atoms with Gasteiger partial charge in [0.15, 0.2) is 0 Å². The minimum atomic E-state index is -0.777. The molecule has 0 aromatic heterocycles. The molecule has 0 aliphatic heterocycles. The summed E-state index contributed by atoms with van der Waals surface area (Å²) in [7, 11) is 0. The summed E-state index contributed by atoms with van der Waals surface area (Å²) in [6, 6.07) is 0. The Morgan fingerprint density at radius 2 is 2.33 bits per heavy atom. The molecule has 0 saturated heterocycles. The molecule has 0 heterocycles. The van der Waals surface area contributed by atoms with E-state index in [-0.39, 0.29) is 11.8 Å². The summed E-state index contributed by atoms with van der Waals surface area (Å²) < 4.78 is 0. The van der Waals surface area contributed by atoms with Gasteiger partial charge in [-0.15, -0.1) is 0 Å². The van der Waals surface area contributed by atoms with E-state index in [0.29, 0.717) is 6.42 Å². The number of carboxylic acids is 1. The first-order valence-electron chi connectivity index (χ1n) is 3.04. The van der Waals surface area contributed by atoms with Crippen molar-refractivity contribution in [1.82, 2.24) is 0 Å². The van der Waals surface area contributed by atoms with Crippen molar-refractivity contribution < 1.29 is 15.0 Å². The van der Waals surface area contributed by atoms with Crippen LogP contribution in [0.15, 0.2) is 0 Å². The maximum absolute atomic E-state index is 10.2. The van der Waals surface area contributed by atoms with Gasteiger partial charge in [0.1, 0.15) is 0 Å². The SMILES string of the molecule is C[C@H](O)[C@H]1C[C@@H]1C(=O)O. The van der Waals surface area contributed by atoms with Crippen LogP contribution in [0.4, 0.5) is 0 Å². The van der Waals surface area contributed by atoms with Gasteiger partial charge in [0.2, 0.25) is 0 Å². The highest BCUT2D eigenvalue weighted by molar-refractivity contribution is 5.73. The van der Waals surface area contributed by atoms with Crippen LogP contribution in [0.3, 0.4) is 0 Å². The van der Waals surface area contributed by atoms with Crippen molar-refractivity contribution in [3.8, 4) is 0 Å². The van der Waals surface area contributed by atoms with Crippen LogP contribution in [0, 0.1) is 11.8 Å². The molecule has 0 bridgehead atoms. The summed E-state index contributed by atoms with van der Waals surface area (Å²) in [5.41, 5.74) is 0. The van der Waals surface area contributed by atoms with Crippen LogP contribution in [0.1, 0.15) is 13.3 Å². The highest BCUT2D eigenvalue weighted by Crippen LogP contribution is 2.40. The first kappa shape index (κ1) is 6.55. The van der Waals surface area contributed by atoms with Crippen LogP contribution in [-0.4, -0.2) is 22.3 Å². The second-order valence-electron chi connectivity index (χ2n) is 2.58. The molecule has 1 saturated carbocycles. The van der Waals surface area contributed by atoms with Crippen molar-refractivity contribution >= 4 is 5.97 Å². The average molecular weight is 130 g/mol. The van der Waals surface area contributed by atoms with Gasteiger partial charge in [0.05, 0.1) is 12.0 Å². The van der Waals surface area contributed by atoms with E-state index in [1.54, 1.807) is 6.92 Å². The van der Waals surface area contributed by atoms with Gasteiger partial charge < -0.3 is 10.2 Å². The fraction of sp³-hybridized carbons (Fsp3) is 0.833. The van der Waals surface area contributed by atoms with Gasteiger partial charge in [-0.3, -0.25) is 4.79 Å². The molecule has 1 aliphatic rings. The van der Waals surface area contributed by atoms with Crippen molar-refractivity contribution in [1.29, 1.82) is 0 Å². The maximum atomic E-state index is 10.2. The lowest BCUT2D eigenvalue weighted by atomic mass is 10.2. The van der Waals surface area contributed by atoms with Crippen LogP contribution in [0.2, 0.25) is 0 Å². The average Bonchev–Trinajstić information content (AvgIpc) is 2.39. The van der Waals surface area contributed by atoms with Gasteiger partial charge in [-0.2, -0.15) is 0 Å². The molecule has 0 unspecified atom stereocenters. The van der Waals surface area contributed by atoms with Crippen molar-refractivity contribution in [3.63, 3.8) is 0 Å². The molecule has 3 atom stereocenters. The van der Waals surface area contributed by atoms with E-state index in [9.17, 15) is 4.79 Å². The molecule has 3 heteroatoms. The molecule has 2 N–H and O–H groups in total. The third kappa shape index (κ3) is 1.21. The zero-order valence-corrected chi connectivity index (χ0v) is 5.24. The third-order valence-electron chi connectivity index (χ3n) is 1.78. The van der Waals surface area contributed by atoms with Gasteiger partial charge in [0, 0.05) is 0 Å². The Morgan fingerprint density at radius 3 is 2.44 bits per heavy atom. The molecule has 52 valence electrons. The fourth-order valence-electron chi connectivity index (χ4n) is 1.03. The molecule has 0 radical (unpaired) electrons. The molecule has 1 fully saturated rings. The molecule has 0 amide bonds. The zero-order chi connectivity index (χ0) is 7.02. The molecule has 0 aromatic carbocycles. The Bertz CT molecular complexity index is 130. The lowest BCUT2D eigenvalue weighted by molar-refractivity contribution is -0.139. The highest BCUT2D eigenvalue weighted by atomic mass is 16.4. The van der Waals surface area contributed by atoms with E-state index in [0.717, 1.165) is 0 Å². The van der Waals surface area contributed by atoms with E-state index in [1.165, 1.54) is 0 Å². The summed E-state index contributed by atoms with van der Waals surface area (Å²) in [6.07, 6.45) is 0.193. The summed E-state index contributed by atoms with van der Waals surface area (Å²) in [5.74, 6) is -1.03. The second kappa shape index (κ2) is 1.99. The monoisotopic (exact) mass is 130 g/mol. The Labute approximate surface area is 53.3 Å². The normalized spacial score (nSPS) is 35.8. The summed E-state index contributed by atoms with van der Waals surface area (Å²) >= 11 is 0. The van der Waals surface area contributed by atoms with Gasteiger partial charge in [-0.1, -0.05) is 0 Å². The topological polar surface area (TPSA) is 57.5 Å². The third-order valence-corrected chi connectivity index (χ3v) is 1.78. The number of aliphatic carboxylic acids is 1. The molecule has 0 aromatic rings. The Kier molecular flexibility index (Phi) is 1.45. The number of rotatable bonds is 2. The van der Waals surface area contributed by atoms with Crippen molar-refractivity contribution in [2.24, 2.45) is 11.8 Å². The van der Waals surface area contributed by atoms with Gasteiger partial charge in [-0.25, -0.2) is 0 Å². The molecule has 9 heavy (non-hydrogen) atoms. The Hall–Kier alpha value is -0.570. The van der Waals surface area contributed by atoms with Gasteiger partial charge >= 0.3 is 5.97 Å². The van der Waals surface area contributed by atoms with E-state index in [4.69, 9.17) is 10.2 Å². The standard InChI is InChI=1S/C6H10O3/c1-3(7)4-2-5(4)6(8)9/h3-5,7H,2H2,1H3,(H,8,9)/t3-,4+,5-/m0/s1. The largest absolute Gasteiger partial charge is 0.481 e. The lowest BCUT2D eigenvalue weighted by Gasteiger charge is -1.97. The molecular formula is C6H10O3. The quantitative estimate of drug-likeness (QED) is 0.557. The zero-order valence-electron chi connectivity index (χ0n) is 5.24. The molecule has 0 spiro atoms. The molecular weight excluding hydrogens is 120 g/mol. The smallest absolute Gasteiger partial charge is 0.306 e. The number of hydrogen-bond donors (Lipinski definition) is 2. The minimum Gasteiger partial charge on any atom is -0.481 e. The fourth-order valence-corrected chi connectivity index (χ4v) is 1.03. The Balaban J connectivity index is 2.33. The van der Waals surface area contributed by atoms with E-state index < -0.39 is 12.1 Å². The van der Waals surface area contributed by atoms with Crippen LogP contribution in [0.5, 0.6) is 0 Å². The summed E-state index contributed by atoms with van der Waals surface area (Å²) in [5, 5.41) is 17.2. The first-order chi connectivity index (χ1) is 4.13. The maximum Gasteiger partial charge on any atom is 0.306 e. The number of aliphatic hydroxyl groups is 1. The lowest BCUT2D eigenvalue weighted by Crippen LogP contribution is -2.08. The number of hydrogen-bond acceptors (Lipinski definition) is 2. The van der Waals surface area contributed by atoms with Gasteiger partial charge in [-0.05, 0) is 19.3 Å². The second-order valence-corrected chi connectivity index (χ2v) is 2.58. The van der Waals surface area contributed by atoms with Crippen LogP contribution >= 0.6 is 0 Å². The van der Waals surface area contributed by atoms with Crippen LogP contribution < -0.4 is 0 Å². The van der Waals surface area contributed by atoms with E-state index in [2.05, 4.69) is 0 Å². The number of carbonyl (C=O) groups is 1. The van der Waals surface area contributed by atoms with Crippen LogP contribution in [0.25, 0.3) is 0 Å². The van der Waals surface area contributed by atoms with E-state index >= 15 is 0 Å². The first-order valence-corrected chi connectivity index (χ1v) is 3.04. The predicted octanol–water partition coefficient (Wildman–Crippen LogP) is 0.0879. The highest BCUT2D eigenvalue weighted by Gasteiger charge is 2.45. The van der Waals surface area contributed by atoms with E-state index in [1.807, 2.05) is 0 Å². The molecule has 1 aliphatic carbocycles. The van der Waals surface area contributed by atoms with Crippen LogP contribution in [-0.2, 0) is 4.79 Å². The van der Waals surface area contributed by atoms with Crippen molar-refractivity contribution in [2.75, 3.05) is 0 Å². The van der Waals surface area contributed by atoms with Gasteiger partial charge in [0.25, 0.3) is 0 Å². The van der Waals surface area contributed by atoms with Crippen molar-refractivity contribution in [2.45, 2.75) is 19.4 Å².